The SMILES string of the molecule is CC(=CCC#CC1(c2ccccc2)OCCO1)CCC=CCCC[C@H]1CC[C@H](C)OCCO1. The zero-order chi connectivity index (χ0) is 23.2. The lowest BCUT2D eigenvalue weighted by molar-refractivity contribution is -0.114. The first-order valence-electron chi connectivity index (χ1n) is 12.6. The van der Waals surface area contributed by atoms with E-state index in [0.717, 1.165) is 57.3 Å². The van der Waals surface area contributed by atoms with Gasteiger partial charge in [-0.05, 0) is 64.7 Å². The Bertz CT molecular complexity index is 796. The Kier molecular flexibility index (Phi) is 11.2. The van der Waals surface area contributed by atoms with Crippen LogP contribution in [0.4, 0.5) is 0 Å². The van der Waals surface area contributed by atoms with E-state index in [1.807, 2.05) is 30.3 Å². The third-order valence-corrected chi connectivity index (χ3v) is 6.16. The van der Waals surface area contributed by atoms with Crippen molar-refractivity contribution >= 4 is 0 Å². The van der Waals surface area contributed by atoms with E-state index in [2.05, 4.69) is 43.9 Å². The molecule has 0 N–H and O–H groups in total. The van der Waals surface area contributed by atoms with Gasteiger partial charge in [0, 0.05) is 12.0 Å². The summed E-state index contributed by atoms with van der Waals surface area (Å²) in [6.07, 6.45) is 16.1. The molecule has 1 aromatic carbocycles. The molecule has 2 heterocycles. The molecule has 4 heteroatoms. The number of unbranched alkanes of at least 4 members (excludes halogenated alkanes) is 1. The van der Waals surface area contributed by atoms with Gasteiger partial charge in [0.05, 0.1) is 38.6 Å². The van der Waals surface area contributed by atoms with E-state index in [4.69, 9.17) is 18.9 Å². The molecule has 0 aliphatic carbocycles. The van der Waals surface area contributed by atoms with Crippen LogP contribution in [0.15, 0.2) is 54.1 Å². The second-order valence-electron chi connectivity index (χ2n) is 8.93. The Morgan fingerprint density at radius 1 is 1.00 bits per heavy atom. The van der Waals surface area contributed by atoms with Crippen LogP contribution in [-0.4, -0.2) is 38.6 Å². The lowest BCUT2D eigenvalue weighted by Gasteiger charge is -2.24. The summed E-state index contributed by atoms with van der Waals surface area (Å²) in [7, 11) is 0. The number of hydrogen-bond acceptors (Lipinski definition) is 4. The maximum atomic E-state index is 5.92. The van der Waals surface area contributed by atoms with Crippen LogP contribution in [-0.2, 0) is 24.7 Å². The fourth-order valence-corrected chi connectivity index (χ4v) is 4.16. The molecule has 3 rings (SSSR count). The largest absolute Gasteiger partial charge is 0.376 e. The fourth-order valence-electron chi connectivity index (χ4n) is 4.16. The smallest absolute Gasteiger partial charge is 0.261 e. The highest BCUT2D eigenvalue weighted by atomic mass is 16.7. The molecule has 2 saturated heterocycles. The van der Waals surface area contributed by atoms with Crippen LogP contribution >= 0.6 is 0 Å². The normalized spacial score (nSPS) is 23.6. The summed E-state index contributed by atoms with van der Waals surface area (Å²) in [5.74, 6) is 5.56. The van der Waals surface area contributed by atoms with Crippen LogP contribution in [0.25, 0.3) is 0 Å². The Hall–Kier alpha value is -1.90. The Morgan fingerprint density at radius 3 is 2.58 bits per heavy atom. The van der Waals surface area contributed by atoms with E-state index in [9.17, 15) is 0 Å². The molecule has 1 aromatic rings. The third-order valence-electron chi connectivity index (χ3n) is 6.16. The summed E-state index contributed by atoms with van der Waals surface area (Å²) in [5.41, 5.74) is 2.33. The zero-order valence-corrected chi connectivity index (χ0v) is 20.4. The van der Waals surface area contributed by atoms with Crippen LogP contribution in [0.3, 0.4) is 0 Å². The van der Waals surface area contributed by atoms with E-state index in [1.54, 1.807) is 0 Å². The lowest BCUT2D eigenvalue weighted by atomic mass is 10.0. The van der Waals surface area contributed by atoms with Gasteiger partial charge in [-0.2, -0.15) is 0 Å². The van der Waals surface area contributed by atoms with Gasteiger partial charge in [-0.15, -0.1) is 0 Å². The highest BCUT2D eigenvalue weighted by Gasteiger charge is 2.36. The van der Waals surface area contributed by atoms with Gasteiger partial charge in [-0.3, -0.25) is 0 Å². The minimum Gasteiger partial charge on any atom is -0.376 e. The predicted molar refractivity (Wildman–Crippen MR) is 133 cm³/mol. The molecule has 180 valence electrons. The molecule has 0 amide bonds. The van der Waals surface area contributed by atoms with Crippen molar-refractivity contribution in [3.05, 3.63) is 59.7 Å². The van der Waals surface area contributed by atoms with Crippen LogP contribution in [0.5, 0.6) is 0 Å². The molecule has 0 aromatic heterocycles. The molecule has 2 aliphatic rings. The molecule has 0 saturated carbocycles. The number of ether oxygens (including phenoxy) is 4. The number of hydrogen-bond donors (Lipinski definition) is 0. The van der Waals surface area contributed by atoms with Gasteiger partial charge >= 0.3 is 0 Å². The number of benzene rings is 1. The first kappa shape index (κ1) is 25.7. The van der Waals surface area contributed by atoms with Crippen LogP contribution in [0.2, 0.25) is 0 Å². The molecule has 4 nitrogen and oxygen atoms in total. The van der Waals surface area contributed by atoms with Crippen molar-refractivity contribution in [3.8, 4) is 11.8 Å². The molecular weight excluding hydrogens is 412 g/mol. The summed E-state index contributed by atoms with van der Waals surface area (Å²) < 4.78 is 23.3. The maximum absolute atomic E-state index is 5.92. The van der Waals surface area contributed by atoms with Crippen LogP contribution < -0.4 is 0 Å². The van der Waals surface area contributed by atoms with Crippen LogP contribution in [0, 0.1) is 11.8 Å². The van der Waals surface area contributed by atoms with Gasteiger partial charge in [0.1, 0.15) is 0 Å². The minimum atomic E-state index is -0.904. The highest BCUT2D eigenvalue weighted by molar-refractivity contribution is 5.30. The zero-order valence-electron chi connectivity index (χ0n) is 20.4. The minimum absolute atomic E-state index is 0.368. The van der Waals surface area contributed by atoms with Gasteiger partial charge in [0.15, 0.2) is 0 Å². The van der Waals surface area contributed by atoms with Gasteiger partial charge in [-0.1, -0.05) is 60.1 Å². The van der Waals surface area contributed by atoms with Crippen LogP contribution in [0.1, 0.15) is 70.8 Å². The molecule has 0 bridgehead atoms. The second kappa shape index (κ2) is 14.4. The quantitative estimate of drug-likeness (QED) is 0.250. The summed E-state index contributed by atoms with van der Waals surface area (Å²) in [4.78, 5) is 0. The van der Waals surface area contributed by atoms with Crippen molar-refractivity contribution in [2.45, 2.75) is 83.2 Å². The molecule has 0 unspecified atom stereocenters. The van der Waals surface area contributed by atoms with Gasteiger partial charge < -0.3 is 18.9 Å². The van der Waals surface area contributed by atoms with Crippen molar-refractivity contribution in [1.29, 1.82) is 0 Å². The van der Waals surface area contributed by atoms with Crippen molar-refractivity contribution in [2.75, 3.05) is 26.4 Å². The Labute approximate surface area is 200 Å². The second-order valence-corrected chi connectivity index (χ2v) is 8.93. The van der Waals surface area contributed by atoms with Crippen molar-refractivity contribution in [1.82, 2.24) is 0 Å². The molecule has 2 atom stereocenters. The van der Waals surface area contributed by atoms with E-state index in [-0.39, 0.29) is 0 Å². The third kappa shape index (κ3) is 9.10. The molecule has 2 fully saturated rings. The molecule has 0 spiro atoms. The monoisotopic (exact) mass is 452 g/mol. The lowest BCUT2D eigenvalue weighted by Crippen LogP contribution is -2.24. The van der Waals surface area contributed by atoms with E-state index in [1.165, 1.54) is 12.0 Å². The van der Waals surface area contributed by atoms with Gasteiger partial charge in [0.25, 0.3) is 5.79 Å². The number of rotatable bonds is 9. The first-order valence-corrected chi connectivity index (χ1v) is 12.6. The summed E-state index contributed by atoms with van der Waals surface area (Å²) >= 11 is 0. The van der Waals surface area contributed by atoms with Gasteiger partial charge in [-0.25, -0.2) is 0 Å². The van der Waals surface area contributed by atoms with Gasteiger partial charge in [0.2, 0.25) is 0 Å². The predicted octanol–water partition coefficient (Wildman–Crippen LogP) is 6.32. The number of allylic oxidation sites excluding steroid dienone is 4. The van der Waals surface area contributed by atoms with Crippen molar-refractivity contribution in [3.63, 3.8) is 0 Å². The van der Waals surface area contributed by atoms with Crippen molar-refractivity contribution in [2.24, 2.45) is 0 Å². The molecule has 0 radical (unpaired) electrons. The van der Waals surface area contributed by atoms with Crippen molar-refractivity contribution < 1.29 is 18.9 Å². The Morgan fingerprint density at radius 2 is 1.76 bits per heavy atom. The fraction of sp³-hybridized carbons (Fsp3) is 0.586. The molecule has 2 aliphatic heterocycles. The Balaban J connectivity index is 1.32. The average molecular weight is 453 g/mol. The summed E-state index contributed by atoms with van der Waals surface area (Å²) in [6.45, 7) is 6.95. The first-order chi connectivity index (χ1) is 16.2. The van der Waals surface area contributed by atoms with E-state index < -0.39 is 5.79 Å². The highest BCUT2D eigenvalue weighted by Crippen LogP contribution is 2.30. The average Bonchev–Trinajstić information content (AvgIpc) is 3.31. The molecule has 33 heavy (non-hydrogen) atoms. The van der Waals surface area contributed by atoms with E-state index >= 15 is 0 Å². The standard InChI is InChI=1S/C29H40O4/c1-25(13-7-4-3-5-10-17-28-19-18-26(2)30-21-22-31-28)14-11-12-20-29(32-23-24-33-29)27-15-8-6-9-16-27/h3-4,6,8-9,14-16,26,28H,5,7,10-11,13,17-19,21-24H2,1-2H3/t26-,28-/m0/s1. The molecular formula is C29H40O4. The summed E-state index contributed by atoms with van der Waals surface area (Å²) in [5, 5.41) is 0. The topological polar surface area (TPSA) is 36.9 Å². The maximum Gasteiger partial charge on any atom is 0.261 e. The van der Waals surface area contributed by atoms with E-state index in [0.29, 0.717) is 31.8 Å². The summed E-state index contributed by atoms with van der Waals surface area (Å²) in [6, 6.07) is 9.98.